The smallest absolute Gasteiger partial charge is 0.306 e. The normalized spacial score (nSPS) is 29.1. The van der Waals surface area contributed by atoms with Crippen LogP contribution in [0.5, 0.6) is 0 Å². The summed E-state index contributed by atoms with van der Waals surface area (Å²) in [6.07, 6.45) is -0.497. The molecule has 1 fully saturated rings. The van der Waals surface area contributed by atoms with Crippen molar-refractivity contribution in [2.24, 2.45) is 11.3 Å². The number of aliphatic hydroxyl groups excluding tert-OH is 1. The molecule has 0 aliphatic carbocycles. The van der Waals surface area contributed by atoms with Crippen LogP contribution in [0, 0.1) is 11.3 Å². The molecule has 3 nitrogen and oxygen atoms in total. The first-order valence-electron chi connectivity index (χ1n) is 4.72. The maximum absolute atomic E-state index is 11.1. The van der Waals surface area contributed by atoms with Crippen molar-refractivity contribution < 1.29 is 14.6 Å². The Balaban J connectivity index is 2.75. The van der Waals surface area contributed by atoms with Crippen LogP contribution in [0.1, 0.15) is 34.1 Å². The predicted molar refractivity (Wildman–Crippen MR) is 49.1 cm³/mol. The summed E-state index contributed by atoms with van der Waals surface area (Å²) in [6.45, 7) is 7.75. The second kappa shape index (κ2) is 3.29. The third-order valence-corrected chi connectivity index (χ3v) is 2.62. The van der Waals surface area contributed by atoms with Crippen molar-refractivity contribution >= 4 is 5.97 Å². The monoisotopic (exact) mass is 186 g/mol. The molecule has 0 bridgehead atoms. The summed E-state index contributed by atoms with van der Waals surface area (Å²) in [7, 11) is 0. The van der Waals surface area contributed by atoms with E-state index < -0.39 is 6.10 Å². The van der Waals surface area contributed by atoms with Gasteiger partial charge >= 0.3 is 5.97 Å². The first-order chi connectivity index (χ1) is 5.84. The van der Waals surface area contributed by atoms with Crippen molar-refractivity contribution in [2.75, 3.05) is 0 Å². The van der Waals surface area contributed by atoms with Crippen molar-refractivity contribution in [1.82, 2.24) is 0 Å². The molecule has 76 valence electrons. The molecule has 0 radical (unpaired) electrons. The molecule has 2 unspecified atom stereocenters. The van der Waals surface area contributed by atoms with Crippen LogP contribution in [-0.4, -0.2) is 23.3 Å². The van der Waals surface area contributed by atoms with Crippen LogP contribution in [0.15, 0.2) is 0 Å². The van der Waals surface area contributed by atoms with Crippen LogP contribution in [-0.2, 0) is 9.53 Å². The number of rotatable bonds is 2. The third-order valence-electron chi connectivity index (χ3n) is 2.62. The fourth-order valence-corrected chi connectivity index (χ4v) is 1.70. The molecule has 0 aromatic carbocycles. The van der Waals surface area contributed by atoms with Crippen molar-refractivity contribution in [3.8, 4) is 0 Å². The van der Waals surface area contributed by atoms with E-state index in [0.717, 1.165) is 0 Å². The SMILES string of the molecule is CC(C)C(O)C1OC(=O)CC1(C)C. The van der Waals surface area contributed by atoms with E-state index >= 15 is 0 Å². The summed E-state index contributed by atoms with van der Waals surface area (Å²) in [5.41, 5.74) is -0.235. The molecular formula is C10H18O3. The zero-order chi connectivity index (χ0) is 10.2. The number of ether oxygens (including phenoxy) is 1. The van der Waals surface area contributed by atoms with Gasteiger partial charge < -0.3 is 9.84 Å². The lowest BCUT2D eigenvalue weighted by Crippen LogP contribution is -2.39. The van der Waals surface area contributed by atoms with Crippen LogP contribution in [0.2, 0.25) is 0 Å². The molecule has 1 N–H and O–H groups in total. The highest BCUT2D eigenvalue weighted by Gasteiger charge is 2.46. The molecule has 0 spiro atoms. The van der Waals surface area contributed by atoms with E-state index in [4.69, 9.17) is 4.74 Å². The predicted octanol–water partition coefficient (Wildman–Crippen LogP) is 1.34. The highest BCUT2D eigenvalue weighted by molar-refractivity contribution is 5.73. The fourth-order valence-electron chi connectivity index (χ4n) is 1.70. The molecule has 2 atom stereocenters. The van der Waals surface area contributed by atoms with Gasteiger partial charge in [-0.2, -0.15) is 0 Å². The molecule has 0 amide bonds. The van der Waals surface area contributed by atoms with Gasteiger partial charge in [-0.05, 0) is 5.92 Å². The summed E-state index contributed by atoms with van der Waals surface area (Å²) < 4.78 is 5.11. The van der Waals surface area contributed by atoms with Crippen molar-refractivity contribution in [2.45, 2.75) is 46.3 Å². The van der Waals surface area contributed by atoms with Gasteiger partial charge in [0.25, 0.3) is 0 Å². The van der Waals surface area contributed by atoms with E-state index in [1.807, 2.05) is 27.7 Å². The molecule has 1 heterocycles. The van der Waals surface area contributed by atoms with Gasteiger partial charge in [0.2, 0.25) is 0 Å². The number of carbonyl (C=O) groups excluding carboxylic acids is 1. The average molecular weight is 186 g/mol. The van der Waals surface area contributed by atoms with Crippen LogP contribution in [0.25, 0.3) is 0 Å². The van der Waals surface area contributed by atoms with Crippen LogP contribution < -0.4 is 0 Å². The second-order valence-corrected chi connectivity index (χ2v) is 4.81. The van der Waals surface area contributed by atoms with Gasteiger partial charge in [0.05, 0.1) is 12.5 Å². The summed E-state index contributed by atoms with van der Waals surface area (Å²) in [5, 5.41) is 9.80. The lowest BCUT2D eigenvalue weighted by atomic mass is 9.80. The summed E-state index contributed by atoms with van der Waals surface area (Å²) in [6, 6.07) is 0. The van der Waals surface area contributed by atoms with Gasteiger partial charge in [-0.25, -0.2) is 0 Å². The highest BCUT2D eigenvalue weighted by atomic mass is 16.6. The van der Waals surface area contributed by atoms with Gasteiger partial charge in [0.15, 0.2) is 0 Å². The first-order valence-corrected chi connectivity index (χ1v) is 4.72. The molecule has 3 heteroatoms. The number of aliphatic hydroxyl groups is 1. The lowest BCUT2D eigenvalue weighted by molar-refractivity contribution is -0.148. The van der Waals surface area contributed by atoms with E-state index in [-0.39, 0.29) is 23.4 Å². The number of esters is 1. The second-order valence-electron chi connectivity index (χ2n) is 4.81. The Morgan fingerprint density at radius 2 is 2.08 bits per heavy atom. The van der Waals surface area contributed by atoms with Crippen LogP contribution in [0.3, 0.4) is 0 Å². The molecule has 1 aliphatic heterocycles. The minimum absolute atomic E-state index is 0.121. The van der Waals surface area contributed by atoms with Crippen LogP contribution in [0.4, 0.5) is 0 Å². The van der Waals surface area contributed by atoms with Crippen molar-refractivity contribution in [3.05, 3.63) is 0 Å². The lowest BCUT2D eigenvalue weighted by Gasteiger charge is -2.30. The Labute approximate surface area is 79.1 Å². The largest absolute Gasteiger partial charge is 0.459 e. The molecule has 0 saturated carbocycles. The van der Waals surface area contributed by atoms with Gasteiger partial charge in [-0.1, -0.05) is 27.7 Å². The fraction of sp³-hybridized carbons (Fsp3) is 0.900. The summed E-state index contributed by atoms with van der Waals surface area (Å²) >= 11 is 0. The number of carbonyl (C=O) groups is 1. The van der Waals surface area contributed by atoms with E-state index in [1.54, 1.807) is 0 Å². The Kier molecular flexibility index (Phi) is 2.66. The Hall–Kier alpha value is -0.570. The van der Waals surface area contributed by atoms with Gasteiger partial charge in [-0.15, -0.1) is 0 Å². The third kappa shape index (κ3) is 2.02. The molecule has 1 aliphatic rings. The summed E-state index contributed by atoms with van der Waals surface area (Å²) in [5.74, 6) is -0.0788. The van der Waals surface area contributed by atoms with Crippen molar-refractivity contribution in [1.29, 1.82) is 0 Å². The minimum atomic E-state index is -0.554. The molecule has 1 rings (SSSR count). The average Bonchev–Trinajstić information content (AvgIpc) is 2.22. The summed E-state index contributed by atoms with van der Waals surface area (Å²) in [4.78, 5) is 11.1. The molecule has 13 heavy (non-hydrogen) atoms. The first kappa shape index (κ1) is 10.5. The Morgan fingerprint density at radius 1 is 1.54 bits per heavy atom. The van der Waals surface area contributed by atoms with E-state index in [1.165, 1.54) is 0 Å². The van der Waals surface area contributed by atoms with Gasteiger partial charge in [-0.3, -0.25) is 4.79 Å². The van der Waals surface area contributed by atoms with Gasteiger partial charge in [0.1, 0.15) is 6.10 Å². The molecular weight excluding hydrogens is 168 g/mol. The van der Waals surface area contributed by atoms with Gasteiger partial charge in [0, 0.05) is 5.41 Å². The molecule has 0 aromatic heterocycles. The highest BCUT2D eigenvalue weighted by Crippen LogP contribution is 2.37. The van der Waals surface area contributed by atoms with E-state index in [2.05, 4.69) is 0 Å². The number of hydrogen-bond donors (Lipinski definition) is 1. The Morgan fingerprint density at radius 3 is 2.38 bits per heavy atom. The maximum Gasteiger partial charge on any atom is 0.306 e. The zero-order valence-corrected chi connectivity index (χ0v) is 8.70. The quantitative estimate of drug-likeness (QED) is 0.662. The topological polar surface area (TPSA) is 46.5 Å². The minimum Gasteiger partial charge on any atom is -0.459 e. The van der Waals surface area contributed by atoms with Crippen molar-refractivity contribution in [3.63, 3.8) is 0 Å². The number of cyclic esters (lactones) is 1. The van der Waals surface area contributed by atoms with E-state index in [9.17, 15) is 9.90 Å². The molecule has 1 saturated heterocycles. The standard InChI is InChI=1S/C10H18O3/c1-6(2)8(12)9-10(3,4)5-7(11)13-9/h6,8-9,12H,5H2,1-4H3. The molecule has 0 aromatic rings. The number of hydrogen-bond acceptors (Lipinski definition) is 3. The zero-order valence-electron chi connectivity index (χ0n) is 8.70. The Bertz CT molecular complexity index is 208. The van der Waals surface area contributed by atoms with E-state index in [0.29, 0.717) is 6.42 Å². The maximum atomic E-state index is 11.1. The van der Waals surface area contributed by atoms with Crippen LogP contribution >= 0.6 is 0 Å².